The Labute approximate surface area is 209 Å². The SMILES string of the molecule is C=CCO.CCCCCC1CCC(C2CCC(c3ccc(CCCOC(C)=O)cc3)CC2)CC1. The van der Waals surface area contributed by atoms with Crippen LogP contribution in [-0.4, -0.2) is 24.3 Å². The lowest BCUT2D eigenvalue weighted by Crippen LogP contribution is -2.25. The van der Waals surface area contributed by atoms with Gasteiger partial charge in [0.25, 0.3) is 0 Å². The molecule has 0 saturated heterocycles. The van der Waals surface area contributed by atoms with Gasteiger partial charge >= 0.3 is 5.97 Å². The average Bonchev–Trinajstić information content (AvgIpc) is 2.88. The van der Waals surface area contributed by atoms with E-state index in [1.807, 2.05) is 0 Å². The summed E-state index contributed by atoms with van der Waals surface area (Å²) in [6.07, 6.45) is 20.8. The summed E-state index contributed by atoms with van der Waals surface area (Å²) in [5.74, 6) is 3.64. The molecule has 3 heteroatoms. The Kier molecular flexibility index (Phi) is 14.2. The maximum absolute atomic E-state index is 10.8. The molecule has 0 radical (unpaired) electrons. The predicted octanol–water partition coefficient (Wildman–Crippen LogP) is 8.01. The van der Waals surface area contributed by atoms with Crippen molar-refractivity contribution in [3.8, 4) is 0 Å². The van der Waals surface area contributed by atoms with E-state index < -0.39 is 0 Å². The Morgan fingerprint density at radius 1 is 0.971 bits per heavy atom. The predicted molar refractivity (Wildman–Crippen MR) is 143 cm³/mol. The second kappa shape index (κ2) is 16.9. The van der Waals surface area contributed by atoms with E-state index in [-0.39, 0.29) is 12.6 Å². The highest BCUT2D eigenvalue weighted by Gasteiger charge is 2.31. The van der Waals surface area contributed by atoms with Gasteiger partial charge in [0, 0.05) is 6.92 Å². The quantitative estimate of drug-likeness (QED) is 0.202. The van der Waals surface area contributed by atoms with Crippen LogP contribution in [0.2, 0.25) is 0 Å². The van der Waals surface area contributed by atoms with E-state index >= 15 is 0 Å². The molecule has 34 heavy (non-hydrogen) atoms. The molecule has 1 N–H and O–H groups in total. The van der Waals surface area contributed by atoms with Gasteiger partial charge in [-0.25, -0.2) is 0 Å². The minimum atomic E-state index is -0.180. The standard InChI is InChI=1S/C28H44O2.C3H6O/c1-3-4-5-7-23-9-13-25(14-10-23)27-17-19-28(20-18-27)26-15-11-24(12-16-26)8-6-21-30-22(2)29;1-2-3-4/h11-12,15-16,23,25,27-28H,3-10,13-14,17-21H2,1-2H3;2,4H,1,3H2. The van der Waals surface area contributed by atoms with Crippen molar-refractivity contribution in [1.29, 1.82) is 0 Å². The maximum atomic E-state index is 10.8. The van der Waals surface area contributed by atoms with Crippen LogP contribution in [0.4, 0.5) is 0 Å². The molecule has 2 saturated carbocycles. The third kappa shape index (κ3) is 10.8. The molecular formula is C31H50O3. The normalized spacial score (nSPS) is 24.6. The van der Waals surface area contributed by atoms with Crippen LogP contribution in [0.3, 0.4) is 0 Å². The van der Waals surface area contributed by atoms with Crippen LogP contribution in [0.15, 0.2) is 36.9 Å². The van der Waals surface area contributed by atoms with Crippen molar-refractivity contribution in [2.24, 2.45) is 17.8 Å². The molecule has 192 valence electrons. The number of ether oxygens (including phenoxy) is 1. The zero-order valence-electron chi connectivity index (χ0n) is 22.0. The molecule has 0 heterocycles. The number of esters is 1. The lowest BCUT2D eigenvalue weighted by molar-refractivity contribution is -0.141. The Balaban J connectivity index is 0.000000945. The molecule has 3 rings (SSSR count). The smallest absolute Gasteiger partial charge is 0.302 e. The van der Waals surface area contributed by atoms with Crippen molar-refractivity contribution in [3.05, 3.63) is 48.0 Å². The second-order valence-electron chi connectivity index (χ2n) is 10.5. The van der Waals surface area contributed by atoms with E-state index in [2.05, 4.69) is 37.8 Å². The van der Waals surface area contributed by atoms with Crippen LogP contribution < -0.4 is 0 Å². The average molecular weight is 471 g/mol. The maximum Gasteiger partial charge on any atom is 0.302 e. The van der Waals surface area contributed by atoms with Crippen LogP contribution in [-0.2, 0) is 16.0 Å². The summed E-state index contributed by atoms with van der Waals surface area (Å²) in [5.41, 5.74) is 2.90. The van der Waals surface area contributed by atoms with Crippen LogP contribution in [0.5, 0.6) is 0 Å². The fourth-order valence-corrected chi connectivity index (χ4v) is 6.00. The minimum absolute atomic E-state index is 0.0833. The fourth-order valence-electron chi connectivity index (χ4n) is 6.00. The summed E-state index contributed by atoms with van der Waals surface area (Å²) >= 11 is 0. The number of aliphatic hydroxyl groups excluding tert-OH is 1. The van der Waals surface area contributed by atoms with Gasteiger partial charge in [-0.05, 0) is 86.2 Å². The molecule has 0 bridgehead atoms. The number of aryl methyl sites for hydroxylation is 1. The van der Waals surface area contributed by atoms with Crippen molar-refractivity contribution < 1.29 is 14.6 Å². The van der Waals surface area contributed by atoms with Gasteiger partial charge in [-0.2, -0.15) is 0 Å². The van der Waals surface area contributed by atoms with E-state index in [0.29, 0.717) is 6.61 Å². The highest BCUT2D eigenvalue weighted by molar-refractivity contribution is 5.65. The molecule has 3 nitrogen and oxygen atoms in total. The lowest BCUT2D eigenvalue weighted by Gasteiger charge is -2.38. The van der Waals surface area contributed by atoms with Crippen LogP contribution in [0, 0.1) is 17.8 Å². The van der Waals surface area contributed by atoms with E-state index in [4.69, 9.17) is 9.84 Å². The van der Waals surface area contributed by atoms with E-state index in [9.17, 15) is 4.79 Å². The molecule has 1 aromatic carbocycles. The van der Waals surface area contributed by atoms with Crippen molar-refractivity contribution >= 4 is 5.97 Å². The van der Waals surface area contributed by atoms with Crippen molar-refractivity contribution in [2.75, 3.05) is 13.2 Å². The topological polar surface area (TPSA) is 46.5 Å². The molecular weight excluding hydrogens is 420 g/mol. The number of carbonyl (C=O) groups is 1. The molecule has 0 unspecified atom stereocenters. The molecule has 2 fully saturated rings. The van der Waals surface area contributed by atoms with Crippen molar-refractivity contribution in [2.45, 2.75) is 110 Å². The minimum Gasteiger partial charge on any atom is -0.466 e. The van der Waals surface area contributed by atoms with E-state index in [0.717, 1.165) is 36.5 Å². The first kappa shape index (κ1) is 28.6. The first-order valence-corrected chi connectivity index (χ1v) is 14.0. The Morgan fingerprint density at radius 3 is 2.09 bits per heavy atom. The third-order valence-corrected chi connectivity index (χ3v) is 8.04. The Bertz CT molecular complexity index is 664. The van der Waals surface area contributed by atoms with Gasteiger partial charge in [0.2, 0.25) is 0 Å². The number of benzene rings is 1. The summed E-state index contributed by atoms with van der Waals surface area (Å²) in [7, 11) is 0. The largest absolute Gasteiger partial charge is 0.466 e. The molecule has 2 aliphatic carbocycles. The summed E-state index contributed by atoms with van der Waals surface area (Å²) in [6, 6.07) is 9.28. The monoisotopic (exact) mass is 470 g/mol. The molecule has 0 spiro atoms. The second-order valence-corrected chi connectivity index (χ2v) is 10.5. The Morgan fingerprint density at radius 2 is 1.56 bits per heavy atom. The van der Waals surface area contributed by atoms with Gasteiger partial charge in [-0.3, -0.25) is 4.79 Å². The number of hydrogen-bond donors (Lipinski definition) is 1. The number of aliphatic hydroxyl groups is 1. The van der Waals surface area contributed by atoms with Gasteiger partial charge in [0.05, 0.1) is 13.2 Å². The first-order valence-electron chi connectivity index (χ1n) is 14.0. The summed E-state index contributed by atoms with van der Waals surface area (Å²) in [4.78, 5) is 10.8. The summed E-state index contributed by atoms with van der Waals surface area (Å²) in [6.45, 7) is 7.63. The van der Waals surface area contributed by atoms with E-state index in [1.165, 1.54) is 101 Å². The third-order valence-electron chi connectivity index (χ3n) is 8.04. The molecule has 1 aromatic rings. The lowest BCUT2D eigenvalue weighted by atomic mass is 9.68. The molecule has 2 aliphatic rings. The van der Waals surface area contributed by atoms with Crippen LogP contribution in [0.1, 0.15) is 114 Å². The van der Waals surface area contributed by atoms with Crippen molar-refractivity contribution in [1.82, 2.24) is 0 Å². The summed E-state index contributed by atoms with van der Waals surface area (Å²) < 4.78 is 5.03. The molecule has 0 aromatic heterocycles. The van der Waals surface area contributed by atoms with Gasteiger partial charge in [-0.15, -0.1) is 6.58 Å². The van der Waals surface area contributed by atoms with Crippen LogP contribution >= 0.6 is 0 Å². The van der Waals surface area contributed by atoms with E-state index in [1.54, 1.807) is 0 Å². The molecule has 0 atom stereocenters. The van der Waals surface area contributed by atoms with Gasteiger partial charge in [0.15, 0.2) is 0 Å². The first-order chi connectivity index (χ1) is 16.6. The highest BCUT2D eigenvalue weighted by Crippen LogP contribution is 2.44. The zero-order valence-corrected chi connectivity index (χ0v) is 22.0. The Hall–Kier alpha value is -1.61. The van der Waals surface area contributed by atoms with Gasteiger partial charge < -0.3 is 9.84 Å². The zero-order chi connectivity index (χ0) is 24.6. The van der Waals surface area contributed by atoms with Gasteiger partial charge in [-0.1, -0.05) is 75.8 Å². The van der Waals surface area contributed by atoms with Crippen LogP contribution in [0.25, 0.3) is 0 Å². The summed E-state index contributed by atoms with van der Waals surface area (Å²) in [5, 5.41) is 7.76. The number of unbranched alkanes of at least 4 members (excludes halogenated alkanes) is 2. The molecule has 0 aliphatic heterocycles. The number of carbonyl (C=O) groups excluding carboxylic acids is 1. The highest BCUT2D eigenvalue weighted by atomic mass is 16.5. The fraction of sp³-hybridized carbons (Fsp3) is 0.710. The number of rotatable bonds is 11. The number of hydrogen-bond acceptors (Lipinski definition) is 3. The van der Waals surface area contributed by atoms with Gasteiger partial charge in [0.1, 0.15) is 0 Å². The van der Waals surface area contributed by atoms with Crippen molar-refractivity contribution in [3.63, 3.8) is 0 Å². The molecule has 0 amide bonds.